The fourth-order valence-corrected chi connectivity index (χ4v) is 2.87. The van der Waals surface area contributed by atoms with E-state index in [9.17, 15) is 9.59 Å². The summed E-state index contributed by atoms with van der Waals surface area (Å²) in [4.78, 5) is 24.2. The van der Waals surface area contributed by atoms with Gasteiger partial charge >= 0.3 is 5.97 Å². The molecule has 0 atom stereocenters. The minimum atomic E-state index is -0.367. The van der Waals surface area contributed by atoms with Gasteiger partial charge in [0.1, 0.15) is 0 Å². The smallest absolute Gasteiger partial charge is 0.338 e. The Morgan fingerprint density at radius 2 is 1.62 bits per heavy atom. The van der Waals surface area contributed by atoms with Crippen molar-refractivity contribution in [1.82, 2.24) is 0 Å². The van der Waals surface area contributed by atoms with E-state index in [1.165, 1.54) is 0 Å². The second-order valence-corrected chi connectivity index (χ2v) is 6.45. The third kappa shape index (κ3) is 6.52. The average Bonchev–Trinajstić information content (AvgIpc) is 2.70. The van der Waals surface area contributed by atoms with Gasteiger partial charge in [0.05, 0.1) is 25.4 Å². The Hall–Kier alpha value is -3.02. The maximum absolute atomic E-state index is 12.4. The van der Waals surface area contributed by atoms with Gasteiger partial charge in [0.2, 0.25) is 5.91 Å². The number of hydrogen-bond acceptors (Lipinski definition) is 5. The molecule has 0 unspecified atom stereocenters. The first-order valence-corrected chi connectivity index (χ1v) is 9.94. The van der Waals surface area contributed by atoms with Crippen LogP contribution in [0.4, 0.5) is 5.69 Å². The van der Waals surface area contributed by atoms with Gasteiger partial charge in [0, 0.05) is 12.1 Å². The van der Waals surface area contributed by atoms with E-state index in [0.717, 1.165) is 11.1 Å². The van der Waals surface area contributed by atoms with E-state index in [1.54, 1.807) is 25.1 Å². The minimum Gasteiger partial charge on any atom is -0.490 e. The Bertz CT molecular complexity index is 847. The lowest BCUT2D eigenvalue weighted by atomic mass is 10.1. The molecule has 2 rings (SSSR count). The minimum absolute atomic E-state index is 0.0937. The molecule has 29 heavy (non-hydrogen) atoms. The number of anilines is 1. The molecule has 6 heteroatoms. The summed E-state index contributed by atoms with van der Waals surface area (Å²) in [5.74, 6) is 0.940. The van der Waals surface area contributed by atoms with E-state index in [4.69, 9.17) is 14.2 Å². The van der Waals surface area contributed by atoms with Crippen molar-refractivity contribution in [2.24, 2.45) is 0 Å². The molecule has 156 valence electrons. The standard InChI is InChI=1S/C23H29NO5/c1-5-27-20-12-8-17(15-21(20)28-6-2)9-13-22(25)24-19-11-10-18(14-16(19)4)23(26)29-7-3/h8,10-12,14-15H,5-7,9,13H2,1-4H3,(H,24,25). The normalized spacial score (nSPS) is 10.3. The van der Waals surface area contributed by atoms with Crippen molar-refractivity contribution in [3.05, 3.63) is 53.1 Å². The van der Waals surface area contributed by atoms with Gasteiger partial charge in [0.25, 0.3) is 0 Å². The van der Waals surface area contributed by atoms with Crippen LogP contribution in [0, 0.1) is 6.92 Å². The van der Waals surface area contributed by atoms with Crippen LogP contribution in [0.5, 0.6) is 11.5 Å². The van der Waals surface area contributed by atoms with Crippen LogP contribution >= 0.6 is 0 Å². The van der Waals surface area contributed by atoms with Crippen LogP contribution in [-0.2, 0) is 16.0 Å². The predicted molar refractivity (Wildman–Crippen MR) is 113 cm³/mol. The lowest BCUT2D eigenvalue weighted by molar-refractivity contribution is -0.116. The van der Waals surface area contributed by atoms with E-state index < -0.39 is 0 Å². The number of amides is 1. The van der Waals surface area contributed by atoms with Gasteiger partial charge in [0.15, 0.2) is 11.5 Å². The Kier molecular flexibility index (Phi) is 8.52. The fourth-order valence-electron chi connectivity index (χ4n) is 2.87. The van der Waals surface area contributed by atoms with Crippen LogP contribution in [0.2, 0.25) is 0 Å². The Morgan fingerprint density at radius 3 is 2.28 bits per heavy atom. The highest BCUT2D eigenvalue weighted by atomic mass is 16.5. The van der Waals surface area contributed by atoms with E-state index in [2.05, 4.69) is 5.32 Å². The second kappa shape index (κ2) is 11.1. The van der Waals surface area contributed by atoms with Crippen LogP contribution in [0.1, 0.15) is 48.7 Å². The van der Waals surface area contributed by atoms with Crippen LogP contribution in [0.3, 0.4) is 0 Å². The third-order valence-electron chi connectivity index (χ3n) is 4.26. The summed E-state index contributed by atoms with van der Waals surface area (Å²) in [7, 11) is 0. The quantitative estimate of drug-likeness (QED) is 0.594. The number of hydrogen-bond donors (Lipinski definition) is 1. The predicted octanol–water partition coefficient (Wildman–Crippen LogP) is 4.54. The van der Waals surface area contributed by atoms with Crippen molar-refractivity contribution >= 4 is 17.6 Å². The van der Waals surface area contributed by atoms with E-state index in [0.29, 0.717) is 55.4 Å². The number of esters is 1. The van der Waals surface area contributed by atoms with E-state index >= 15 is 0 Å². The molecular weight excluding hydrogens is 370 g/mol. The number of aryl methyl sites for hydroxylation is 2. The third-order valence-corrected chi connectivity index (χ3v) is 4.26. The van der Waals surface area contributed by atoms with Crippen molar-refractivity contribution in [1.29, 1.82) is 0 Å². The van der Waals surface area contributed by atoms with Gasteiger partial charge in [-0.15, -0.1) is 0 Å². The molecule has 0 saturated carbocycles. The average molecular weight is 399 g/mol. The largest absolute Gasteiger partial charge is 0.490 e. The lowest BCUT2D eigenvalue weighted by Crippen LogP contribution is -2.14. The van der Waals surface area contributed by atoms with Gasteiger partial charge in [-0.05, 0) is 75.6 Å². The van der Waals surface area contributed by atoms with E-state index in [-0.39, 0.29) is 11.9 Å². The van der Waals surface area contributed by atoms with Gasteiger partial charge in [-0.25, -0.2) is 4.79 Å². The highest BCUT2D eigenvalue weighted by Crippen LogP contribution is 2.29. The molecular formula is C23H29NO5. The summed E-state index contributed by atoms with van der Waals surface area (Å²) in [5.41, 5.74) is 2.97. The molecule has 0 bridgehead atoms. The highest BCUT2D eigenvalue weighted by molar-refractivity contribution is 5.94. The number of ether oxygens (including phenoxy) is 3. The summed E-state index contributed by atoms with van der Waals surface area (Å²) in [6, 6.07) is 10.8. The molecule has 0 aliphatic rings. The van der Waals surface area contributed by atoms with Gasteiger partial charge in [-0.3, -0.25) is 4.79 Å². The number of carbonyl (C=O) groups excluding carboxylic acids is 2. The first kappa shape index (κ1) is 22.3. The van der Waals surface area contributed by atoms with Crippen molar-refractivity contribution in [3.8, 4) is 11.5 Å². The summed E-state index contributed by atoms with van der Waals surface area (Å²) in [6.07, 6.45) is 0.914. The summed E-state index contributed by atoms with van der Waals surface area (Å²) in [6.45, 7) is 8.90. The molecule has 0 aromatic heterocycles. The van der Waals surface area contributed by atoms with E-state index in [1.807, 2.05) is 39.0 Å². The molecule has 1 N–H and O–H groups in total. The first-order chi connectivity index (χ1) is 14.0. The topological polar surface area (TPSA) is 73.9 Å². The molecule has 2 aromatic rings. The zero-order valence-corrected chi connectivity index (χ0v) is 17.5. The number of nitrogens with one attached hydrogen (secondary N) is 1. The van der Waals surface area contributed by atoms with Crippen LogP contribution in [-0.4, -0.2) is 31.7 Å². The van der Waals surface area contributed by atoms with Gasteiger partial charge in [-0.2, -0.15) is 0 Å². The van der Waals surface area contributed by atoms with Crippen molar-refractivity contribution in [3.63, 3.8) is 0 Å². The maximum atomic E-state index is 12.4. The molecule has 0 saturated heterocycles. The van der Waals surface area contributed by atoms with Crippen LogP contribution in [0.25, 0.3) is 0 Å². The van der Waals surface area contributed by atoms with Crippen LogP contribution in [0.15, 0.2) is 36.4 Å². The van der Waals surface area contributed by atoms with Crippen molar-refractivity contribution < 1.29 is 23.8 Å². The molecule has 0 spiro atoms. The summed E-state index contributed by atoms with van der Waals surface area (Å²) in [5, 5.41) is 2.90. The highest BCUT2D eigenvalue weighted by Gasteiger charge is 2.11. The molecule has 1 amide bonds. The zero-order chi connectivity index (χ0) is 21.2. The Morgan fingerprint density at radius 1 is 0.897 bits per heavy atom. The Labute approximate surface area is 172 Å². The van der Waals surface area contributed by atoms with Crippen molar-refractivity contribution in [2.75, 3.05) is 25.1 Å². The Balaban J connectivity index is 1.97. The molecule has 0 fully saturated rings. The molecule has 2 aromatic carbocycles. The SMILES string of the molecule is CCOC(=O)c1ccc(NC(=O)CCc2ccc(OCC)c(OCC)c2)c(C)c1. The fraction of sp³-hybridized carbons (Fsp3) is 0.391. The van der Waals surface area contributed by atoms with Crippen molar-refractivity contribution in [2.45, 2.75) is 40.5 Å². The lowest BCUT2D eigenvalue weighted by Gasteiger charge is -2.13. The summed E-state index contributed by atoms with van der Waals surface area (Å²) < 4.78 is 16.2. The number of benzene rings is 2. The van der Waals surface area contributed by atoms with Gasteiger partial charge in [-0.1, -0.05) is 6.07 Å². The second-order valence-electron chi connectivity index (χ2n) is 6.45. The summed E-state index contributed by atoms with van der Waals surface area (Å²) >= 11 is 0. The molecule has 0 radical (unpaired) electrons. The molecule has 6 nitrogen and oxygen atoms in total. The molecule has 0 heterocycles. The molecule has 0 aliphatic carbocycles. The first-order valence-electron chi connectivity index (χ1n) is 9.94. The monoisotopic (exact) mass is 399 g/mol. The van der Waals surface area contributed by atoms with Crippen LogP contribution < -0.4 is 14.8 Å². The molecule has 0 aliphatic heterocycles. The number of rotatable bonds is 10. The number of carbonyl (C=O) groups is 2. The zero-order valence-electron chi connectivity index (χ0n) is 17.5. The van der Waals surface area contributed by atoms with Gasteiger partial charge < -0.3 is 19.5 Å². The maximum Gasteiger partial charge on any atom is 0.338 e.